The van der Waals surface area contributed by atoms with Gasteiger partial charge in [-0.15, -0.1) is 0 Å². The second-order valence-corrected chi connectivity index (χ2v) is 9.10. The third-order valence-electron chi connectivity index (χ3n) is 4.58. The minimum atomic E-state index is -3.68. The lowest BCUT2D eigenvalue weighted by Gasteiger charge is -2.10. The van der Waals surface area contributed by atoms with Crippen LogP contribution in [-0.4, -0.2) is 43.4 Å². The first kappa shape index (κ1) is 25.7. The summed E-state index contributed by atoms with van der Waals surface area (Å²) in [5.41, 5.74) is 0.824. The Bertz CT molecular complexity index is 1270. The van der Waals surface area contributed by atoms with Gasteiger partial charge in [-0.25, -0.2) is 27.5 Å². The van der Waals surface area contributed by atoms with Crippen LogP contribution in [0.4, 0.5) is 15.8 Å². The van der Waals surface area contributed by atoms with Gasteiger partial charge in [-0.05, 0) is 48.9 Å². The van der Waals surface area contributed by atoms with E-state index >= 15 is 0 Å². The zero-order valence-electron chi connectivity index (χ0n) is 18.8. The highest BCUT2D eigenvalue weighted by Gasteiger charge is 2.15. The van der Waals surface area contributed by atoms with E-state index < -0.39 is 34.3 Å². The molecule has 2 amide bonds. The van der Waals surface area contributed by atoms with Crippen LogP contribution in [-0.2, 0) is 14.8 Å². The molecule has 1 heterocycles. The Balaban J connectivity index is 1.51. The minimum absolute atomic E-state index is 0.0326. The number of hydrogen-bond acceptors (Lipinski definition) is 7. The summed E-state index contributed by atoms with van der Waals surface area (Å²) in [6.07, 6.45) is 4.02. The van der Waals surface area contributed by atoms with Gasteiger partial charge in [-0.2, -0.15) is 0 Å². The summed E-state index contributed by atoms with van der Waals surface area (Å²) in [6, 6.07) is 11.0. The molecule has 0 saturated carbocycles. The Labute approximate surface area is 202 Å². The van der Waals surface area contributed by atoms with Gasteiger partial charge in [0.2, 0.25) is 10.0 Å². The molecule has 0 saturated heterocycles. The van der Waals surface area contributed by atoms with Crippen LogP contribution in [0.15, 0.2) is 65.8 Å². The number of sulfonamides is 1. The van der Waals surface area contributed by atoms with E-state index in [9.17, 15) is 22.4 Å². The number of nitrogens with zero attached hydrogens (tertiary/aromatic N) is 2. The van der Waals surface area contributed by atoms with E-state index in [4.69, 9.17) is 4.74 Å². The maximum atomic E-state index is 13.0. The molecule has 35 heavy (non-hydrogen) atoms. The number of nitrogens with one attached hydrogen (secondary N) is 3. The highest BCUT2D eigenvalue weighted by atomic mass is 32.2. The van der Waals surface area contributed by atoms with Crippen molar-refractivity contribution in [3.8, 4) is 6.01 Å². The molecule has 0 aliphatic carbocycles. The monoisotopic (exact) mass is 501 g/mol. The quantitative estimate of drug-likeness (QED) is 0.343. The van der Waals surface area contributed by atoms with Crippen molar-refractivity contribution in [3.05, 3.63) is 72.3 Å². The number of benzene rings is 2. The van der Waals surface area contributed by atoms with Crippen LogP contribution in [0.3, 0.4) is 0 Å². The van der Waals surface area contributed by atoms with Gasteiger partial charge in [0.05, 0.1) is 10.5 Å². The third kappa shape index (κ3) is 7.83. The summed E-state index contributed by atoms with van der Waals surface area (Å²) in [6.45, 7) is 1.85. The van der Waals surface area contributed by atoms with E-state index in [1.807, 2.05) is 6.92 Å². The number of carbonyl (C=O) groups is 2. The van der Waals surface area contributed by atoms with Crippen LogP contribution < -0.4 is 20.1 Å². The molecule has 12 heteroatoms. The van der Waals surface area contributed by atoms with Crippen molar-refractivity contribution in [2.45, 2.75) is 24.7 Å². The van der Waals surface area contributed by atoms with E-state index in [0.29, 0.717) is 12.2 Å². The highest BCUT2D eigenvalue weighted by molar-refractivity contribution is 7.89. The lowest BCUT2D eigenvalue weighted by molar-refractivity contribution is -0.118. The van der Waals surface area contributed by atoms with Crippen LogP contribution in [0.1, 0.15) is 30.1 Å². The fourth-order valence-electron chi connectivity index (χ4n) is 2.78. The molecule has 10 nitrogen and oxygen atoms in total. The molecule has 0 spiro atoms. The number of anilines is 2. The summed E-state index contributed by atoms with van der Waals surface area (Å²) in [5, 5.41) is 5.12. The molecule has 3 aromatic rings. The molecule has 0 fully saturated rings. The molecule has 1 aromatic heterocycles. The SMILES string of the molecule is CCCCNS(=O)(=O)c1cccc(NC(=O)COc2ncc(C(=O)Nc3ccc(F)cc3)cn2)c1. The number of hydrogen-bond donors (Lipinski definition) is 3. The Kier molecular flexibility index (Phi) is 8.81. The van der Waals surface area contributed by atoms with Crippen molar-refractivity contribution in [2.24, 2.45) is 0 Å². The standard InChI is InChI=1S/C23H24FN5O5S/c1-2-3-11-27-35(32,33)20-6-4-5-19(12-20)28-21(30)15-34-23-25-13-16(14-26-23)22(31)29-18-9-7-17(24)8-10-18/h4-10,12-14,27H,2-3,11,15H2,1H3,(H,28,30)(H,29,31). The normalized spacial score (nSPS) is 11.0. The first-order valence-electron chi connectivity index (χ1n) is 10.7. The molecule has 184 valence electrons. The molecule has 0 aliphatic heterocycles. The lowest BCUT2D eigenvalue weighted by atomic mass is 10.2. The molecule has 0 atom stereocenters. The first-order valence-corrected chi connectivity index (χ1v) is 12.2. The number of ether oxygens (including phenoxy) is 1. The van der Waals surface area contributed by atoms with Crippen LogP contribution >= 0.6 is 0 Å². The third-order valence-corrected chi connectivity index (χ3v) is 6.03. The van der Waals surface area contributed by atoms with Gasteiger partial charge >= 0.3 is 6.01 Å². The largest absolute Gasteiger partial charge is 0.453 e. The summed E-state index contributed by atoms with van der Waals surface area (Å²) in [7, 11) is -3.68. The van der Waals surface area contributed by atoms with Gasteiger partial charge < -0.3 is 15.4 Å². The van der Waals surface area contributed by atoms with Gasteiger partial charge in [-0.3, -0.25) is 9.59 Å². The lowest BCUT2D eigenvalue weighted by Crippen LogP contribution is -2.25. The predicted molar refractivity (Wildman–Crippen MR) is 127 cm³/mol. The fourth-order valence-corrected chi connectivity index (χ4v) is 3.90. The maximum Gasteiger partial charge on any atom is 0.316 e. The van der Waals surface area contributed by atoms with Gasteiger partial charge in [-0.1, -0.05) is 19.4 Å². The summed E-state index contributed by atoms with van der Waals surface area (Å²) in [5.74, 6) is -1.48. The van der Waals surface area contributed by atoms with Gasteiger partial charge in [0.25, 0.3) is 11.8 Å². The van der Waals surface area contributed by atoms with E-state index in [2.05, 4.69) is 25.3 Å². The Morgan fingerprint density at radius 3 is 2.40 bits per heavy atom. The highest BCUT2D eigenvalue weighted by Crippen LogP contribution is 2.16. The smallest absolute Gasteiger partial charge is 0.316 e. The summed E-state index contributed by atoms with van der Waals surface area (Å²) < 4.78 is 45.4. The molecule has 0 aliphatic rings. The van der Waals surface area contributed by atoms with E-state index in [-0.39, 0.29) is 22.2 Å². The van der Waals surface area contributed by atoms with Crippen LogP contribution in [0.2, 0.25) is 0 Å². The zero-order valence-corrected chi connectivity index (χ0v) is 19.6. The Hall–Kier alpha value is -3.90. The fraction of sp³-hybridized carbons (Fsp3) is 0.217. The number of carbonyl (C=O) groups excluding carboxylic acids is 2. The van der Waals surface area contributed by atoms with Crippen molar-refractivity contribution < 1.29 is 27.1 Å². The van der Waals surface area contributed by atoms with Crippen LogP contribution in [0, 0.1) is 5.82 Å². The topological polar surface area (TPSA) is 139 Å². The van der Waals surface area contributed by atoms with Gasteiger partial charge in [0, 0.05) is 30.3 Å². The molecule has 0 bridgehead atoms. The molecule has 3 rings (SSSR count). The number of amides is 2. The van der Waals surface area contributed by atoms with Crippen LogP contribution in [0.5, 0.6) is 6.01 Å². The Morgan fingerprint density at radius 1 is 1.00 bits per heavy atom. The van der Waals surface area contributed by atoms with Crippen LogP contribution in [0.25, 0.3) is 0 Å². The van der Waals surface area contributed by atoms with E-state index in [0.717, 1.165) is 12.8 Å². The maximum absolute atomic E-state index is 13.0. The molecule has 0 unspecified atom stereocenters. The first-order chi connectivity index (χ1) is 16.8. The van der Waals surface area contributed by atoms with Crippen molar-refractivity contribution in [1.29, 1.82) is 0 Å². The van der Waals surface area contributed by atoms with Crippen molar-refractivity contribution in [1.82, 2.24) is 14.7 Å². The number of aromatic nitrogens is 2. The molecule has 2 aromatic carbocycles. The van der Waals surface area contributed by atoms with Crippen molar-refractivity contribution in [2.75, 3.05) is 23.8 Å². The average Bonchev–Trinajstić information content (AvgIpc) is 2.85. The van der Waals surface area contributed by atoms with Gasteiger partial charge in [0.15, 0.2) is 6.61 Å². The Morgan fingerprint density at radius 2 is 1.71 bits per heavy atom. The number of halogens is 1. The van der Waals surface area contributed by atoms with Crippen molar-refractivity contribution in [3.63, 3.8) is 0 Å². The number of rotatable bonds is 11. The van der Waals surface area contributed by atoms with Gasteiger partial charge in [0.1, 0.15) is 5.82 Å². The molecular weight excluding hydrogens is 477 g/mol. The summed E-state index contributed by atoms with van der Waals surface area (Å²) in [4.78, 5) is 32.2. The summed E-state index contributed by atoms with van der Waals surface area (Å²) >= 11 is 0. The number of unbranched alkanes of at least 4 members (excludes halogenated alkanes) is 1. The zero-order chi connectivity index (χ0) is 25.3. The van der Waals surface area contributed by atoms with E-state index in [1.54, 1.807) is 6.07 Å². The van der Waals surface area contributed by atoms with Crippen molar-refractivity contribution >= 4 is 33.2 Å². The van der Waals surface area contributed by atoms with E-state index in [1.165, 1.54) is 54.9 Å². The second-order valence-electron chi connectivity index (χ2n) is 7.33. The predicted octanol–water partition coefficient (Wildman–Crippen LogP) is 2.96. The molecular formula is C23H24FN5O5S. The second kappa shape index (κ2) is 12.0. The molecule has 0 radical (unpaired) electrons. The average molecular weight is 502 g/mol. The molecule has 3 N–H and O–H groups in total. The minimum Gasteiger partial charge on any atom is -0.453 e.